The number of aryl methyl sites for hydroxylation is 1. The lowest BCUT2D eigenvalue weighted by Gasteiger charge is -2.19. The van der Waals surface area contributed by atoms with Crippen molar-refractivity contribution in [3.05, 3.63) is 29.3 Å². The quantitative estimate of drug-likeness (QED) is 0.668. The molecule has 100 valence electrons. The Morgan fingerprint density at radius 2 is 2.22 bits per heavy atom. The molecule has 1 aromatic rings. The summed E-state index contributed by atoms with van der Waals surface area (Å²) in [4.78, 5) is 14.1. The zero-order valence-electron chi connectivity index (χ0n) is 10.4. The largest absolute Gasteiger partial charge is 0.390 e. The predicted octanol–water partition coefficient (Wildman–Crippen LogP) is 0.450. The summed E-state index contributed by atoms with van der Waals surface area (Å²) in [6.45, 7) is 3.29. The molecule has 0 fully saturated rings. The van der Waals surface area contributed by atoms with Crippen molar-refractivity contribution in [2.24, 2.45) is 0 Å². The molecule has 0 saturated carbocycles. The van der Waals surface area contributed by atoms with E-state index in [-0.39, 0.29) is 18.9 Å². The van der Waals surface area contributed by atoms with Crippen LogP contribution in [0.2, 0.25) is 0 Å². The van der Waals surface area contributed by atoms with Crippen LogP contribution >= 0.6 is 0 Å². The first-order chi connectivity index (χ1) is 8.41. The SMILES string of the molecule is CC(=O)NCCC(O)C(O)c1cc(F)ncc1C. The van der Waals surface area contributed by atoms with Crippen LogP contribution in [0.5, 0.6) is 0 Å². The van der Waals surface area contributed by atoms with Crippen LogP contribution in [0.1, 0.15) is 30.6 Å². The molecule has 5 nitrogen and oxygen atoms in total. The minimum Gasteiger partial charge on any atom is -0.390 e. The summed E-state index contributed by atoms with van der Waals surface area (Å²) in [5.74, 6) is -0.911. The van der Waals surface area contributed by atoms with Gasteiger partial charge in [0.15, 0.2) is 0 Å². The van der Waals surface area contributed by atoms with Gasteiger partial charge in [-0.15, -0.1) is 0 Å². The van der Waals surface area contributed by atoms with Crippen molar-refractivity contribution in [3.63, 3.8) is 0 Å². The first kappa shape index (κ1) is 14.5. The molecule has 0 saturated heterocycles. The highest BCUT2D eigenvalue weighted by atomic mass is 19.1. The zero-order valence-corrected chi connectivity index (χ0v) is 10.4. The summed E-state index contributed by atoms with van der Waals surface area (Å²) in [5.41, 5.74) is 0.903. The van der Waals surface area contributed by atoms with Gasteiger partial charge >= 0.3 is 0 Å². The number of nitrogens with zero attached hydrogens (tertiary/aromatic N) is 1. The lowest BCUT2D eigenvalue weighted by molar-refractivity contribution is -0.119. The van der Waals surface area contributed by atoms with Gasteiger partial charge in [-0.1, -0.05) is 0 Å². The summed E-state index contributed by atoms with van der Waals surface area (Å²) in [6.07, 6.45) is -0.785. The maximum Gasteiger partial charge on any atom is 0.216 e. The number of halogens is 1. The van der Waals surface area contributed by atoms with Crippen molar-refractivity contribution in [2.45, 2.75) is 32.5 Å². The van der Waals surface area contributed by atoms with E-state index in [1.165, 1.54) is 13.1 Å². The van der Waals surface area contributed by atoms with Crippen LogP contribution in [0.25, 0.3) is 0 Å². The number of nitrogens with one attached hydrogen (secondary N) is 1. The maximum absolute atomic E-state index is 13.0. The van der Waals surface area contributed by atoms with Crippen molar-refractivity contribution in [1.82, 2.24) is 10.3 Å². The van der Waals surface area contributed by atoms with Gasteiger partial charge in [-0.25, -0.2) is 4.98 Å². The van der Waals surface area contributed by atoms with E-state index in [0.29, 0.717) is 11.1 Å². The van der Waals surface area contributed by atoms with E-state index in [1.54, 1.807) is 6.92 Å². The number of aliphatic hydroxyl groups excluding tert-OH is 2. The van der Waals surface area contributed by atoms with Crippen LogP contribution in [-0.2, 0) is 4.79 Å². The number of amides is 1. The molecule has 0 aromatic carbocycles. The van der Waals surface area contributed by atoms with Crippen molar-refractivity contribution in [3.8, 4) is 0 Å². The van der Waals surface area contributed by atoms with E-state index >= 15 is 0 Å². The van der Waals surface area contributed by atoms with Crippen molar-refractivity contribution in [2.75, 3.05) is 6.54 Å². The van der Waals surface area contributed by atoms with Crippen LogP contribution in [-0.4, -0.2) is 33.8 Å². The summed E-state index contributed by atoms with van der Waals surface area (Å²) in [5, 5.41) is 22.2. The van der Waals surface area contributed by atoms with Gasteiger partial charge in [0.05, 0.1) is 6.10 Å². The molecule has 6 heteroatoms. The fraction of sp³-hybridized carbons (Fsp3) is 0.500. The van der Waals surface area contributed by atoms with Gasteiger partial charge in [-0.3, -0.25) is 4.79 Å². The van der Waals surface area contributed by atoms with Crippen LogP contribution < -0.4 is 5.32 Å². The highest BCUT2D eigenvalue weighted by Crippen LogP contribution is 2.22. The lowest BCUT2D eigenvalue weighted by Crippen LogP contribution is -2.28. The molecule has 2 unspecified atom stereocenters. The number of rotatable bonds is 5. The minimum absolute atomic E-state index is 0.185. The fourth-order valence-electron chi connectivity index (χ4n) is 1.59. The fourth-order valence-corrected chi connectivity index (χ4v) is 1.59. The number of carbonyl (C=O) groups is 1. The molecule has 1 heterocycles. The molecule has 1 amide bonds. The molecule has 1 aromatic heterocycles. The zero-order chi connectivity index (χ0) is 13.7. The minimum atomic E-state index is -1.20. The third-order valence-corrected chi connectivity index (χ3v) is 2.61. The van der Waals surface area contributed by atoms with E-state index < -0.39 is 18.2 Å². The Morgan fingerprint density at radius 1 is 1.56 bits per heavy atom. The normalized spacial score (nSPS) is 14.1. The third-order valence-electron chi connectivity index (χ3n) is 2.61. The second-order valence-electron chi connectivity index (χ2n) is 4.15. The van der Waals surface area contributed by atoms with Gasteiger partial charge in [0.25, 0.3) is 0 Å². The van der Waals surface area contributed by atoms with Gasteiger partial charge in [-0.2, -0.15) is 4.39 Å². The molecule has 2 atom stereocenters. The van der Waals surface area contributed by atoms with E-state index in [0.717, 1.165) is 6.07 Å². The van der Waals surface area contributed by atoms with Crippen molar-refractivity contribution >= 4 is 5.91 Å². The summed E-state index contributed by atoms with van der Waals surface area (Å²) < 4.78 is 13.0. The highest BCUT2D eigenvalue weighted by Gasteiger charge is 2.20. The number of aromatic nitrogens is 1. The number of pyridine rings is 1. The molecule has 1 rings (SSSR count). The average Bonchev–Trinajstić information content (AvgIpc) is 2.30. The predicted molar refractivity (Wildman–Crippen MR) is 63.2 cm³/mol. The Hall–Kier alpha value is -1.53. The summed E-state index contributed by atoms with van der Waals surface area (Å²) in [7, 11) is 0. The highest BCUT2D eigenvalue weighted by molar-refractivity contribution is 5.72. The first-order valence-electron chi connectivity index (χ1n) is 5.64. The van der Waals surface area contributed by atoms with Gasteiger partial charge in [0.2, 0.25) is 11.9 Å². The summed E-state index contributed by atoms with van der Waals surface area (Å²) >= 11 is 0. The Bertz CT molecular complexity index is 426. The molecule has 0 spiro atoms. The molecule has 0 radical (unpaired) electrons. The second kappa shape index (κ2) is 6.42. The number of carbonyl (C=O) groups excluding carboxylic acids is 1. The molecule has 3 N–H and O–H groups in total. The van der Waals surface area contributed by atoms with E-state index in [4.69, 9.17) is 0 Å². The van der Waals surface area contributed by atoms with Crippen molar-refractivity contribution in [1.29, 1.82) is 0 Å². The van der Waals surface area contributed by atoms with Gasteiger partial charge in [-0.05, 0) is 30.5 Å². The van der Waals surface area contributed by atoms with Gasteiger partial charge in [0, 0.05) is 19.7 Å². The molecule has 0 aliphatic carbocycles. The number of aliphatic hydroxyl groups is 2. The van der Waals surface area contributed by atoms with E-state index in [2.05, 4.69) is 10.3 Å². The van der Waals surface area contributed by atoms with Crippen LogP contribution in [0.3, 0.4) is 0 Å². The van der Waals surface area contributed by atoms with Gasteiger partial charge in [0.1, 0.15) is 6.10 Å². The van der Waals surface area contributed by atoms with E-state index in [9.17, 15) is 19.4 Å². The van der Waals surface area contributed by atoms with Crippen LogP contribution in [0.4, 0.5) is 4.39 Å². The number of hydrogen-bond acceptors (Lipinski definition) is 4. The van der Waals surface area contributed by atoms with Crippen LogP contribution in [0, 0.1) is 12.9 Å². The van der Waals surface area contributed by atoms with Crippen LogP contribution in [0.15, 0.2) is 12.3 Å². The molecule has 0 aliphatic heterocycles. The monoisotopic (exact) mass is 256 g/mol. The van der Waals surface area contributed by atoms with E-state index in [1.807, 2.05) is 0 Å². The molecule has 18 heavy (non-hydrogen) atoms. The standard InChI is InChI=1S/C12H17FN2O3/c1-7-6-15-11(13)5-9(7)12(18)10(17)3-4-14-8(2)16/h5-6,10,12,17-18H,3-4H2,1-2H3,(H,14,16). The Morgan fingerprint density at radius 3 is 2.83 bits per heavy atom. The Kier molecular flexibility index (Phi) is 5.18. The maximum atomic E-state index is 13.0. The second-order valence-corrected chi connectivity index (χ2v) is 4.15. The summed E-state index contributed by atoms with van der Waals surface area (Å²) in [6, 6.07) is 1.10. The molecule has 0 bridgehead atoms. The molecule has 0 aliphatic rings. The first-order valence-corrected chi connectivity index (χ1v) is 5.64. The smallest absolute Gasteiger partial charge is 0.216 e. The van der Waals surface area contributed by atoms with Gasteiger partial charge < -0.3 is 15.5 Å². The Labute approximate surface area is 105 Å². The van der Waals surface area contributed by atoms with Crippen molar-refractivity contribution < 1.29 is 19.4 Å². The lowest BCUT2D eigenvalue weighted by atomic mass is 9.99. The topological polar surface area (TPSA) is 82.5 Å². The average molecular weight is 256 g/mol. The Balaban J connectivity index is 2.64. The number of hydrogen-bond donors (Lipinski definition) is 3. The molecular weight excluding hydrogens is 239 g/mol. The third kappa shape index (κ3) is 4.05. The molecular formula is C12H17FN2O3.